The standard InChI is InChI=1S/C16H14N2O4S/c19-15(18-16-17-11-5-6-20-8-14(11)23-16)4-2-10-1-3-12-13(7-10)22-9-21-12/h1-4,7H,5-6,8-9H2,(H,17,18,19)/b4-2+. The zero-order valence-electron chi connectivity index (χ0n) is 12.2. The summed E-state index contributed by atoms with van der Waals surface area (Å²) in [5.41, 5.74) is 1.90. The number of carbonyl (C=O) groups excluding carboxylic acids is 1. The summed E-state index contributed by atoms with van der Waals surface area (Å²) in [6.07, 6.45) is 4.01. The van der Waals surface area contributed by atoms with Gasteiger partial charge in [0.1, 0.15) is 0 Å². The van der Waals surface area contributed by atoms with Crippen molar-refractivity contribution in [2.75, 3.05) is 18.7 Å². The Morgan fingerprint density at radius 2 is 2.22 bits per heavy atom. The van der Waals surface area contributed by atoms with Crippen molar-refractivity contribution in [3.63, 3.8) is 0 Å². The van der Waals surface area contributed by atoms with E-state index in [2.05, 4.69) is 10.3 Å². The number of rotatable bonds is 3. The van der Waals surface area contributed by atoms with Gasteiger partial charge < -0.3 is 14.2 Å². The van der Waals surface area contributed by atoms with Gasteiger partial charge in [0.25, 0.3) is 0 Å². The monoisotopic (exact) mass is 330 g/mol. The molecular formula is C16H14N2O4S. The highest BCUT2D eigenvalue weighted by Gasteiger charge is 2.16. The van der Waals surface area contributed by atoms with Crippen LogP contribution in [0.3, 0.4) is 0 Å². The van der Waals surface area contributed by atoms with E-state index < -0.39 is 0 Å². The molecular weight excluding hydrogens is 316 g/mol. The fourth-order valence-electron chi connectivity index (χ4n) is 2.41. The molecule has 6 nitrogen and oxygen atoms in total. The molecule has 2 aromatic rings. The molecule has 1 N–H and O–H groups in total. The molecule has 0 unspecified atom stereocenters. The first-order valence-electron chi connectivity index (χ1n) is 7.23. The number of amides is 1. The normalized spacial score (nSPS) is 15.7. The third-order valence-electron chi connectivity index (χ3n) is 3.55. The number of benzene rings is 1. The van der Waals surface area contributed by atoms with Crippen molar-refractivity contribution in [2.45, 2.75) is 13.0 Å². The molecule has 0 spiro atoms. The molecule has 0 atom stereocenters. The Morgan fingerprint density at radius 1 is 1.30 bits per heavy atom. The molecule has 4 rings (SSSR count). The zero-order chi connectivity index (χ0) is 15.6. The zero-order valence-corrected chi connectivity index (χ0v) is 13.0. The van der Waals surface area contributed by atoms with E-state index in [1.165, 1.54) is 17.4 Å². The molecule has 0 radical (unpaired) electrons. The summed E-state index contributed by atoms with van der Waals surface area (Å²) in [6.45, 7) is 1.51. The summed E-state index contributed by atoms with van der Waals surface area (Å²) in [4.78, 5) is 17.5. The average molecular weight is 330 g/mol. The number of hydrogen-bond donors (Lipinski definition) is 1. The van der Waals surface area contributed by atoms with Gasteiger partial charge in [-0.2, -0.15) is 0 Å². The van der Waals surface area contributed by atoms with Crippen LogP contribution in [0.15, 0.2) is 24.3 Å². The Kier molecular flexibility index (Phi) is 3.72. The molecule has 118 valence electrons. The number of nitrogens with zero attached hydrogens (tertiary/aromatic N) is 1. The van der Waals surface area contributed by atoms with Crippen molar-refractivity contribution in [1.29, 1.82) is 0 Å². The van der Waals surface area contributed by atoms with E-state index in [0.717, 1.165) is 28.3 Å². The lowest BCUT2D eigenvalue weighted by Crippen LogP contribution is -2.09. The maximum atomic E-state index is 12.0. The van der Waals surface area contributed by atoms with Crippen molar-refractivity contribution in [2.24, 2.45) is 0 Å². The number of thiazole rings is 1. The minimum absolute atomic E-state index is 0.213. The Labute approximate surface area is 136 Å². The quantitative estimate of drug-likeness (QED) is 0.876. The summed E-state index contributed by atoms with van der Waals surface area (Å²) in [6, 6.07) is 5.54. The molecule has 1 amide bonds. The van der Waals surface area contributed by atoms with Crippen LogP contribution < -0.4 is 14.8 Å². The van der Waals surface area contributed by atoms with Gasteiger partial charge in [0.05, 0.1) is 23.8 Å². The van der Waals surface area contributed by atoms with Gasteiger partial charge in [-0.15, -0.1) is 0 Å². The first kappa shape index (κ1) is 14.2. The van der Waals surface area contributed by atoms with E-state index in [4.69, 9.17) is 14.2 Å². The van der Waals surface area contributed by atoms with Crippen LogP contribution in [-0.2, 0) is 22.6 Å². The van der Waals surface area contributed by atoms with Gasteiger partial charge in [-0.05, 0) is 23.8 Å². The highest BCUT2D eigenvalue weighted by molar-refractivity contribution is 7.15. The number of nitrogens with one attached hydrogen (secondary N) is 1. The van der Waals surface area contributed by atoms with Gasteiger partial charge in [-0.25, -0.2) is 4.98 Å². The van der Waals surface area contributed by atoms with Crippen molar-refractivity contribution in [1.82, 2.24) is 4.98 Å². The number of aromatic nitrogens is 1. The van der Waals surface area contributed by atoms with E-state index in [-0.39, 0.29) is 12.7 Å². The molecule has 1 aromatic heterocycles. The predicted octanol–water partition coefficient (Wildman–Crippen LogP) is 2.60. The molecule has 1 aromatic carbocycles. The minimum Gasteiger partial charge on any atom is -0.454 e. The van der Waals surface area contributed by atoms with E-state index in [1.54, 1.807) is 6.08 Å². The van der Waals surface area contributed by atoms with Gasteiger partial charge in [0.15, 0.2) is 16.6 Å². The molecule has 0 saturated heterocycles. The number of fused-ring (bicyclic) bond motifs is 2. The molecule has 23 heavy (non-hydrogen) atoms. The van der Waals surface area contributed by atoms with Crippen LogP contribution in [0, 0.1) is 0 Å². The molecule has 3 heterocycles. The van der Waals surface area contributed by atoms with Gasteiger partial charge in [0, 0.05) is 12.5 Å². The van der Waals surface area contributed by atoms with Crippen LogP contribution >= 0.6 is 11.3 Å². The first-order valence-corrected chi connectivity index (χ1v) is 8.04. The Morgan fingerprint density at radius 3 is 3.13 bits per heavy atom. The van der Waals surface area contributed by atoms with E-state index in [9.17, 15) is 4.79 Å². The number of hydrogen-bond acceptors (Lipinski definition) is 6. The molecule has 7 heteroatoms. The smallest absolute Gasteiger partial charge is 0.250 e. The minimum atomic E-state index is -0.213. The van der Waals surface area contributed by atoms with Crippen LogP contribution in [0.5, 0.6) is 11.5 Å². The third-order valence-corrected chi connectivity index (χ3v) is 4.54. The second-order valence-electron chi connectivity index (χ2n) is 5.13. The lowest BCUT2D eigenvalue weighted by Gasteiger charge is -2.08. The lowest BCUT2D eigenvalue weighted by molar-refractivity contribution is -0.111. The molecule has 0 bridgehead atoms. The topological polar surface area (TPSA) is 69.7 Å². The summed E-state index contributed by atoms with van der Waals surface area (Å²) in [5, 5.41) is 3.40. The van der Waals surface area contributed by atoms with E-state index >= 15 is 0 Å². The summed E-state index contributed by atoms with van der Waals surface area (Å²) in [7, 11) is 0. The predicted molar refractivity (Wildman–Crippen MR) is 85.7 cm³/mol. The summed E-state index contributed by atoms with van der Waals surface area (Å²) in [5.74, 6) is 1.21. The Hall–Kier alpha value is -2.38. The summed E-state index contributed by atoms with van der Waals surface area (Å²) < 4.78 is 15.9. The maximum absolute atomic E-state index is 12.0. The summed E-state index contributed by atoms with van der Waals surface area (Å²) >= 11 is 1.46. The van der Waals surface area contributed by atoms with Crippen molar-refractivity contribution in [3.05, 3.63) is 40.4 Å². The average Bonchev–Trinajstić information content (AvgIpc) is 3.18. The fraction of sp³-hybridized carbons (Fsp3) is 0.250. The molecule has 2 aliphatic heterocycles. The van der Waals surface area contributed by atoms with E-state index in [1.807, 2.05) is 18.2 Å². The van der Waals surface area contributed by atoms with Crippen molar-refractivity contribution < 1.29 is 19.0 Å². The fourth-order valence-corrected chi connectivity index (χ4v) is 3.36. The molecule has 0 aliphatic carbocycles. The van der Waals surface area contributed by atoms with Crippen molar-refractivity contribution in [3.8, 4) is 11.5 Å². The third kappa shape index (κ3) is 3.06. The number of carbonyl (C=O) groups is 1. The largest absolute Gasteiger partial charge is 0.454 e. The second-order valence-corrected chi connectivity index (χ2v) is 6.21. The van der Waals surface area contributed by atoms with Crippen LogP contribution in [0.25, 0.3) is 6.08 Å². The Balaban J connectivity index is 1.42. The molecule has 0 saturated carbocycles. The van der Waals surface area contributed by atoms with Crippen LogP contribution in [0.4, 0.5) is 5.13 Å². The first-order chi connectivity index (χ1) is 11.3. The highest BCUT2D eigenvalue weighted by atomic mass is 32.1. The van der Waals surface area contributed by atoms with Crippen molar-refractivity contribution >= 4 is 28.5 Å². The second kappa shape index (κ2) is 6.02. The lowest BCUT2D eigenvalue weighted by atomic mass is 10.2. The van der Waals surface area contributed by atoms with Crippen LogP contribution in [-0.4, -0.2) is 24.3 Å². The van der Waals surface area contributed by atoms with Crippen LogP contribution in [0.1, 0.15) is 16.1 Å². The van der Waals surface area contributed by atoms with Gasteiger partial charge in [-0.3, -0.25) is 10.1 Å². The van der Waals surface area contributed by atoms with Gasteiger partial charge >= 0.3 is 0 Å². The maximum Gasteiger partial charge on any atom is 0.250 e. The van der Waals surface area contributed by atoms with Crippen LogP contribution in [0.2, 0.25) is 0 Å². The number of anilines is 1. The van der Waals surface area contributed by atoms with Gasteiger partial charge in [0.2, 0.25) is 12.7 Å². The highest BCUT2D eigenvalue weighted by Crippen LogP contribution is 2.32. The SMILES string of the molecule is O=C(/C=C/c1ccc2c(c1)OCO2)Nc1nc2c(s1)COCC2. The Bertz CT molecular complexity index is 761. The molecule has 0 fully saturated rings. The van der Waals surface area contributed by atoms with Gasteiger partial charge in [-0.1, -0.05) is 17.4 Å². The molecule has 2 aliphatic rings. The van der Waals surface area contributed by atoms with E-state index in [0.29, 0.717) is 24.1 Å². The number of ether oxygens (including phenoxy) is 3.